The van der Waals surface area contributed by atoms with E-state index in [0.29, 0.717) is 0 Å². The molecule has 1 unspecified atom stereocenters. The lowest BCUT2D eigenvalue weighted by Crippen LogP contribution is -2.40. The summed E-state index contributed by atoms with van der Waals surface area (Å²) in [6, 6.07) is 31.7. The maximum atomic E-state index is 13.5. The van der Waals surface area contributed by atoms with Crippen molar-refractivity contribution >= 4 is 11.6 Å². The minimum absolute atomic E-state index is 0.0658. The highest BCUT2D eigenvalue weighted by Crippen LogP contribution is 2.29. The number of carbonyl (C=O) groups excluding carboxylic acids is 1. The summed E-state index contributed by atoms with van der Waals surface area (Å²) in [6.07, 6.45) is 3.48. The van der Waals surface area contributed by atoms with Crippen LogP contribution in [-0.4, -0.2) is 17.9 Å². The first kappa shape index (κ1) is 21.3. The Balaban J connectivity index is 1.59. The molecule has 0 fully saturated rings. The van der Waals surface area contributed by atoms with Gasteiger partial charge in [0.25, 0.3) is 0 Å². The van der Waals surface area contributed by atoms with Gasteiger partial charge in [-0.15, -0.1) is 0 Å². The van der Waals surface area contributed by atoms with Gasteiger partial charge in [0.2, 0.25) is 5.91 Å². The fourth-order valence-electron chi connectivity index (χ4n) is 3.87. The third-order valence-corrected chi connectivity index (χ3v) is 5.68. The van der Waals surface area contributed by atoms with E-state index in [2.05, 4.69) is 46.7 Å². The van der Waals surface area contributed by atoms with Crippen LogP contribution < -0.4 is 10.2 Å². The summed E-state index contributed by atoms with van der Waals surface area (Å²) < 4.78 is 0. The van der Waals surface area contributed by atoms with Crippen LogP contribution in [0.2, 0.25) is 0 Å². The molecule has 1 N–H and O–H groups in total. The smallest absolute Gasteiger partial charge is 0.247 e. The average Bonchev–Trinajstić information content (AvgIpc) is 2.86. The van der Waals surface area contributed by atoms with Crippen molar-refractivity contribution in [1.82, 2.24) is 10.3 Å². The molecule has 0 spiro atoms. The Morgan fingerprint density at radius 1 is 0.781 bits per heavy atom. The quantitative estimate of drug-likeness (QED) is 0.410. The van der Waals surface area contributed by atoms with Crippen molar-refractivity contribution in [2.24, 2.45) is 0 Å². The van der Waals surface area contributed by atoms with E-state index in [1.165, 1.54) is 5.56 Å². The van der Waals surface area contributed by atoms with E-state index >= 15 is 0 Å². The van der Waals surface area contributed by atoms with E-state index in [0.717, 1.165) is 22.4 Å². The van der Waals surface area contributed by atoms with Crippen LogP contribution in [0.5, 0.6) is 0 Å². The number of carbonyl (C=O) groups is 1. The molecule has 1 aromatic heterocycles. The number of benzene rings is 3. The molecule has 4 rings (SSSR count). The van der Waals surface area contributed by atoms with Crippen molar-refractivity contribution in [3.05, 3.63) is 121 Å². The van der Waals surface area contributed by atoms with Crippen LogP contribution in [0.4, 0.5) is 5.69 Å². The second kappa shape index (κ2) is 9.92. The van der Waals surface area contributed by atoms with Gasteiger partial charge in [0.05, 0.1) is 6.04 Å². The van der Waals surface area contributed by atoms with Crippen molar-refractivity contribution in [3.8, 4) is 11.1 Å². The van der Waals surface area contributed by atoms with Crippen molar-refractivity contribution in [3.63, 3.8) is 0 Å². The standard InChI is InChI=1S/C28H27N3O/c1-21(22-10-5-3-6-11-22)30-28(32)27(25-14-9-19-29-20-25)31(2)26-17-15-24(16-18-26)23-12-7-4-8-13-23/h3-21,27H,1-2H3,(H,30,32)/t21-,27?/m0/s1. The largest absolute Gasteiger partial charge is 0.359 e. The molecule has 160 valence electrons. The number of pyridine rings is 1. The van der Waals surface area contributed by atoms with Gasteiger partial charge in [-0.05, 0) is 41.8 Å². The molecule has 0 radical (unpaired) electrons. The van der Waals surface area contributed by atoms with E-state index in [1.807, 2.05) is 79.5 Å². The van der Waals surface area contributed by atoms with Gasteiger partial charge in [0, 0.05) is 30.7 Å². The lowest BCUT2D eigenvalue weighted by molar-refractivity contribution is -0.123. The number of rotatable bonds is 7. The Morgan fingerprint density at radius 2 is 1.38 bits per heavy atom. The van der Waals surface area contributed by atoms with Gasteiger partial charge in [-0.1, -0.05) is 78.9 Å². The Kier molecular flexibility index (Phi) is 6.61. The normalized spacial score (nSPS) is 12.6. The number of hydrogen-bond donors (Lipinski definition) is 1. The molecule has 4 nitrogen and oxygen atoms in total. The maximum absolute atomic E-state index is 13.5. The molecule has 0 saturated heterocycles. The first-order valence-corrected chi connectivity index (χ1v) is 10.8. The number of hydrogen-bond acceptors (Lipinski definition) is 3. The summed E-state index contributed by atoms with van der Waals surface area (Å²) in [5, 5.41) is 3.17. The Labute approximate surface area is 189 Å². The zero-order valence-electron chi connectivity index (χ0n) is 18.3. The average molecular weight is 422 g/mol. The van der Waals surface area contributed by atoms with Crippen molar-refractivity contribution in [2.45, 2.75) is 19.0 Å². The van der Waals surface area contributed by atoms with E-state index < -0.39 is 6.04 Å². The predicted octanol–water partition coefficient (Wildman–Crippen LogP) is 5.80. The zero-order valence-corrected chi connectivity index (χ0v) is 18.3. The van der Waals surface area contributed by atoms with Crippen LogP contribution in [-0.2, 0) is 4.79 Å². The molecule has 4 heteroatoms. The second-order valence-corrected chi connectivity index (χ2v) is 7.85. The third kappa shape index (κ3) is 4.86. The highest BCUT2D eigenvalue weighted by atomic mass is 16.2. The van der Waals surface area contributed by atoms with Crippen LogP contribution in [0, 0.1) is 0 Å². The van der Waals surface area contributed by atoms with Crippen LogP contribution in [0.1, 0.15) is 30.1 Å². The maximum Gasteiger partial charge on any atom is 0.247 e. The van der Waals surface area contributed by atoms with Gasteiger partial charge < -0.3 is 10.2 Å². The number of amides is 1. The Morgan fingerprint density at radius 3 is 2.00 bits per heavy atom. The summed E-state index contributed by atoms with van der Waals surface area (Å²) in [6.45, 7) is 2.00. The summed E-state index contributed by atoms with van der Waals surface area (Å²) in [7, 11) is 1.95. The lowest BCUT2D eigenvalue weighted by atomic mass is 10.0. The van der Waals surface area contributed by atoms with Crippen LogP contribution >= 0.6 is 0 Å². The predicted molar refractivity (Wildman–Crippen MR) is 130 cm³/mol. The van der Waals surface area contributed by atoms with Crippen LogP contribution in [0.15, 0.2) is 109 Å². The topological polar surface area (TPSA) is 45.2 Å². The Bertz CT molecular complexity index is 1130. The summed E-state index contributed by atoms with van der Waals surface area (Å²) in [4.78, 5) is 19.7. The molecule has 0 saturated carbocycles. The van der Waals surface area contributed by atoms with E-state index in [-0.39, 0.29) is 11.9 Å². The van der Waals surface area contributed by atoms with Gasteiger partial charge in [-0.25, -0.2) is 0 Å². The molecule has 3 aromatic carbocycles. The van der Waals surface area contributed by atoms with E-state index in [1.54, 1.807) is 12.4 Å². The van der Waals surface area contributed by atoms with Crippen molar-refractivity contribution in [1.29, 1.82) is 0 Å². The highest BCUT2D eigenvalue weighted by molar-refractivity contribution is 5.87. The number of anilines is 1. The Hall–Kier alpha value is -3.92. The van der Waals surface area contributed by atoms with Crippen molar-refractivity contribution < 1.29 is 4.79 Å². The minimum atomic E-state index is -0.502. The monoisotopic (exact) mass is 421 g/mol. The molecular weight excluding hydrogens is 394 g/mol. The van der Waals surface area contributed by atoms with Gasteiger partial charge >= 0.3 is 0 Å². The molecule has 0 aliphatic rings. The molecule has 1 heterocycles. The van der Waals surface area contributed by atoms with E-state index in [4.69, 9.17) is 0 Å². The summed E-state index contributed by atoms with van der Waals surface area (Å²) >= 11 is 0. The second-order valence-electron chi connectivity index (χ2n) is 7.85. The molecule has 0 aliphatic heterocycles. The van der Waals surface area contributed by atoms with Gasteiger partial charge in [0.15, 0.2) is 0 Å². The van der Waals surface area contributed by atoms with Crippen LogP contribution in [0.3, 0.4) is 0 Å². The third-order valence-electron chi connectivity index (χ3n) is 5.68. The number of nitrogens with zero attached hydrogens (tertiary/aromatic N) is 2. The fourth-order valence-corrected chi connectivity index (χ4v) is 3.87. The summed E-state index contributed by atoms with van der Waals surface area (Å²) in [5.41, 5.74) is 5.18. The first-order valence-electron chi connectivity index (χ1n) is 10.8. The number of nitrogens with one attached hydrogen (secondary N) is 1. The molecule has 0 aliphatic carbocycles. The molecule has 32 heavy (non-hydrogen) atoms. The van der Waals surface area contributed by atoms with E-state index in [9.17, 15) is 4.79 Å². The van der Waals surface area contributed by atoms with Gasteiger partial charge in [-0.2, -0.15) is 0 Å². The zero-order chi connectivity index (χ0) is 22.3. The van der Waals surface area contributed by atoms with Crippen molar-refractivity contribution in [2.75, 3.05) is 11.9 Å². The SMILES string of the molecule is C[C@H](NC(=O)C(c1cccnc1)N(C)c1ccc(-c2ccccc2)cc1)c1ccccc1. The number of aromatic nitrogens is 1. The van der Waals surface area contributed by atoms with Gasteiger partial charge in [-0.3, -0.25) is 9.78 Å². The fraction of sp³-hybridized carbons (Fsp3) is 0.143. The number of likely N-dealkylation sites (N-methyl/N-ethyl adjacent to an activating group) is 1. The van der Waals surface area contributed by atoms with Gasteiger partial charge in [0.1, 0.15) is 6.04 Å². The molecular formula is C28H27N3O. The molecule has 0 bridgehead atoms. The molecule has 4 aromatic rings. The minimum Gasteiger partial charge on any atom is -0.359 e. The lowest BCUT2D eigenvalue weighted by Gasteiger charge is -2.30. The highest BCUT2D eigenvalue weighted by Gasteiger charge is 2.27. The first-order chi connectivity index (χ1) is 15.6. The van der Waals surface area contributed by atoms with Crippen LogP contribution in [0.25, 0.3) is 11.1 Å². The molecule has 2 atom stereocenters. The summed E-state index contributed by atoms with van der Waals surface area (Å²) in [5.74, 6) is -0.0658. The molecule has 1 amide bonds.